The molecule has 0 saturated heterocycles. The largest absolute Gasteiger partial charge is 0.495 e. The number of aryl methyl sites for hydroxylation is 2. The molecular formula is C18H21ClN2O2. The number of ether oxygens (including phenoxy) is 1. The number of para-hydroxylation sites is 1. The fourth-order valence-corrected chi connectivity index (χ4v) is 2.55. The maximum atomic E-state index is 12.2. The smallest absolute Gasteiger partial charge is 0.243 e. The summed E-state index contributed by atoms with van der Waals surface area (Å²) in [6.45, 7) is 4.19. The van der Waals surface area contributed by atoms with Gasteiger partial charge in [0.2, 0.25) is 5.91 Å². The topological polar surface area (TPSA) is 50.4 Å². The van der Waals surface area contributed by atoms with Crippen LogP contribution in [0.4, 0.5) is 11.4 Å². The Labute approximate surface area is 141 Å². The van der Waals surface area contributed by atoms with Crippen molar-refractivity contribution in [3.8, 4) is 5.75 Å². The predicted molar refractivity (Wildman–Crippen MR) is 95.7 cm³/mol. The lowest BCUT2D eigenvalue weighted by atomic mass is 10.1. The summed E-state index contributed by atoms with van der Waals surface area (Å²) in [5.74, 6) is 0.531. The van der Waals surface area contributed by atoms with Crippen LogP contribution < -0.4 is 15.4 Å². The quantitative estimate of drug-likeness (QED) is 0.830. The molecule has 122 valence electrons. The summed E-state index contributed by atoms with van der Waals surface area (Å²) in [6, 6.07) is 11.3. The van der Waals surface area contributed by atoms with Gasteiger partial charge in [0.05, 0.1) is 19.3 Å². The molecule has 0 unspecified atom stereocenters. The molecule has 0 fully saturated rings. The van der Waals surface area contributed by atoms with Gasteiger partial charge in [-0.1, -0.05) is 36.7 Å². The van der Waals surface area contributed by atoms with Crippen LogP contribution >= 0.6 is 11.6 Å². The van der Waals surface area contributed by atoms with E-state index in [9.17, 15) is 4.79 Å². The molecule has 0 heterocycles. The molecule has 2 aromatic rings. The molecule has 0 atom stereocenters. The molecule has 0 aliphatic rings. The number of rotatable bonds is 6. The van der Waals surface area contributed by atoms with Gasteiger partial charge in [-0.25, -0.2) is 0 Å². The van der Waals surface area contributed by atoms with Crippen LogP contribution in [0.15, 0.2) is 36.4 Å². The second-order valence-corrected chi connectivity index (χ2v) is 5.65. The number of anilines is 2. The minimum Gasteiger partial charge on any atom is -0.495 e. The molecule has 5 heteroatoms. The van der Waals surface area contributed by atoms with Crippen molar-refractivity contribution >= 4 is 28.9 Å². The Kier molecular flexibility index (Phi) is 5.88. The third-order valence-electron chi connectivity index (χ3n) is 3.61. The first kappa shape index (κ1) is 17.2. The van der Waals surface area contributed by atoms with E-state index in [0.717, 1.165) is 23.2 Å². The first-order valence-electron chi connectivity index (χ1n) is 7.51. The summed E-state index contributed by atoms with van der Waals surface area (Å²) in [5, 5.41) is 6.62. The lowest BCUT2D eigenvalue weighted by molar-refractivity contribution is -0.114. The van der Waals surface area contributed by atoms with Crippen LogP contribution in [0, 0.1) is 6.92 Å². The molecule has 0 saturated carbocycles. The standard InChI is InChI=1S/C18H21ClN2O2/c1-4-13-7-5-6-12(2)18(13)21-17(22)11-20-15-10-14(19)8-9-16(15)23-3/h5-10,20H,4,11H2,1-3H3,(H,21,22). The minimum atomic E-state index is -0.115. The SMILES string of the molecule is CCc1cccc(C)c1NC(=O)CNc1cc(Cl)ccc1OC. The molecule has 0 aliphatic heterocycles. The van der Waals surface area contributed by atoms with Crippen molar-refractivity contribution in [1.82, 2.24) is 0 Å². The minimum absolute atomic E-state index is 0.115. The number of hydrogen-bond donors (Lipinski definition) is 2. The third kappa shape index (κ3) is 4.39. The van der Waals surface area contributed by atoms with E-state index in [2.05, 4.69) is 17.6 Å². The van der Waals surface area contributed by atoms with Crippen LogP contribution in [0.3, 0.4) is 0 Å². The molecule has 0 bridgehead atoms. The van der Waals surface area contributed by atoms with Crippen LogP contribution in [0.2, 0.25) is 5.02 Å². The zero-order chi connectivity index (χ0) is 16.8. The van der Waals surface area contributed by atoms with E-state index in [1.807, 2.05) is 25.1 Å². The molecule has 4 nitrogen and oxygen atoms in total. The van der Waals surface area contributed by atoms with Crippen molar-refractivity contribution in [2.75, 3.05) is 24.3 Å². The number of carbonyl (C=O) groups excluding carboxylic acids is 1. The number of halogens is 1. The zero-order valence-electron chi connectivity index (χ0n) is 13.6. The lowest BCUT2D eigenvalue weighted by Crippen LogP contribution is -2.23. The number of methoxy groups -OCH3 is 1. The summed E-state index contributed by atoms with van der Waals surface area (Å²) in [6.07, 6.45) is 0.868. The maximum Gasteiger partial charge on any atom is 0.243 e. The van der Waals surface area contributed by atoms with E-state index in [0.29, 0.717) is 16.5 Å². The molecular weight excluding hydrogens is 312 g/mol. The van der Waals surface area contributed by atoms with Gasteiger partial charge in [0.15, 0.2) is 0 Å². The highest BCUT2D eigenvalue weighted by atomic mass is 35.5. The van der Waals surface area contributed by atoms with E-state index in [-0.39, 0.29) is 12.5 Å². The van der Waals surface area contributed by atoms with E-state index in [1.54, 1.807) is 25.3 Å². The average molecular weight is 333 g/mol. The molecule has 2 N–H and O–H groups in total. The number of benzene rings is 2. The fraction of sp³-hybridized carbons (Fsp3) is 0.278. The molecule has 2 aromatic carbocycles. The zero-order valence-corrected chi connectivity index (χ0v) is 14.3. The van der Waals surface area contributed by atoms with Gasteiger partial charge < -0.3 is 15.4 Å². The normalized spacial score (nSPS) is 10.3. The highest BCUT2D eigenvalue weighted by Gasteiger charge is 2.10. The summed E-state index contributed by atoms with van der Waals surface area (Å²) < 4.78 is 5.25. The first-order chi connectivity index (χ1) is 11.0. The Morgan fingerprint density at radius 3 is 2.74 bits per heavy atom. The van der Waals surface area contributed by atoms with E-state index < -0.39 is 0 Å². The van der Waals surface area contributed by atoms with E-state index in [4.69, 9.17) is 16.3 Å². The molecule has 23 heavy (non-hydrogen) atoms. The van der Waals surface area contributed by atoms with E-state index >= 15 is 0 Å². The Balaban J connectivity index is 2.05. The fourth-order valence-electron chi connectivity index (χ4n) is 2.38. The van der Waals surface area contributed by atoms with Crippen molar-refractivity contribution in [3.05, 3.63) is 52.5 Å². The molecule has 0 aromatic heterocycles. The number of hydrogen-bond acceptors (Lipinski definition) is 3. The van der Waals surface area contributed by atoms with Gasteiger partial charge in [-0.3, -0.25) is 4.79 Å². The van der Waals surface area contributed by atoms with Crippen LogP contribution in [-0.2, 0) is 11.2 Å². The Hall–Kier alpha value is -2.20. The summed E-state index contributed by atoms with van der Waals surface area (Å²) in [5.41, 5.74) is 3.76. The molecule has 0 aliphatic carbocycles. The molecule has 0 spiro atoms. The maximum absolute atomic E-state index is 12.2. The van der Waals surface area contributed by atoms with Gasteiger partial charge >= 0.3 is 0 Å². The van der Waals surface area contributed by atoms with Crippen LogP contribution in [0.25, 0.3) is 0 Å². The monoisotopic (exact) mass is 332 g/mol. The third-order valence-corrected chi connectivity index (χ3v) is 3.84. The predicted octanol–water partition coefficient (Wildman–Crippen LogP) is 4.27. The van der Waals surface area contributed by atoms with Crippen molar-refractivity contribution in [2.45, 2.75) is 20.3 Å². The summed E-state index contributed by atoms with van der Waals surface area (Å²) >= 11 is 5.98. The van der Waals surface area contributed by atoms with Crippen LogP contribution in [-0.4, -0.2) is 19.6 Å². The van der Waals surface area contributed by atoms with Crippen molar-refractivity contribution in [3.63, 3.8) is 0 Å². The lowest BCUT2D eigenvalue weighted by Gasteiger charge is -2.15. The van der Waals surface area contributed by atoms with Crippen LogP contribution in [0.1, 0.15) is 18.1 Å². The molecule has 1 amide bonds. The van der Waals surface area contributed by atoms with Gasteiger partial charge in [-0.2, -0.15) is 0 Å². The van der Waals surface area contributed by atoms with Gasteiger partial charge in [0.1, 0.15) is 5.75 Å². The number of carbonyl (C=O) groups is 1. The highest BCUT2D eigenvalue weighted by Crippen LogP contribution is 2.27. The van der Waals surface area contributed by atoms with Crippen molar-refractivity contribution in [2.24, 2.45) is 0 Å². The Bertz CT molecular complexity index is 701. The van der Waals surface area contributed by atoms with E-state index in [1.165, 1.54) is 0 Å². The molecule has 2 rings (SSSR count). The average Bonchev–Trinajstić information content (AvgIpc) is 2.55. The first-order valence-corrected chi connectivity index (χ1v) is 7.88. The van der Waals surface area contributed by atoms with Crippen LogP contribution in [0.5, 0.6) is 5.75 Å². The summed E-state index contributed by atoms with van der Waals surface area (Å²) in [7, 11) is 1.58. The van der Waals surface area contributed by atoms with Gasteiger partial charge in [0, 0.05) is 10.7 Å². The van der Waals surface area contributed by atoms with Crippen molar-refractivity contribution in [1.29, 1.82) is 0 Å². The van der Waals surface area contributed by atoms with Crippen molar-refractivity contribution < 1.29 is 9.53 Å². The van der Waals surface area contributed by atoms with Gasteiger partial charge in [-0.05, 0) is 42.7 Å². The van der Waals surface area contributed by atoms with Gasteiger partial charge in [-0.15, -0.1) is 0 Å². The number of nitrogens with one attached hydrogen (secondary N) is 2. The second-order valence-electron chi connectivity index (χ2n) is 5.21. The Morgan fingerprint density at radius 2 is 2.04 bits per heavy atom. The Morgan fingerprint density at radius 1 is 1.26 bits per heavy atom. The second kappa shape index (κ2) is 7.88. The number of amides is 1. The highest BCUT2D eigenvalue weighted by molar-refractivity contribution is 6.30. The summed E-state index contributed by atoms with van der Waals surface area (Å²) in [4.78, 5) is 12.2. The molecule has 0 radical (unpaired) electrons. The van der Waals surface area contributed by atoms with Gasteiger partial charge in [0.25, 0.3) is 0 Å².